The Bertz CT molecular complexity index is 324. The first kappa shape index (κ1) is 14.0. The number of rotatable bonds is 5. The van der Waals surface area contributed by atoms with Crippen LogP contribution in [-0.4, -0.2) is 37.8 Å². The summed E-state index contributed by atoms with van der Waals surface area (Å²) < 4.78 is 36.6. The van der Waals surface area contributed by atoms with E-state index in [2.05, 4.69) is 0 Å². The first-order chi connectivity index (χ1) is 7.92. The molecule has 0 aliphatic carbocycles. The van der Waals surface area contributed by atoms with Crippen molar-refractivity contribution in [1.29, 1.82) is 0 Å². The van der Waals surface area contributed by atoms with Gasteiger partial charge in [0, 0.05) is 19.0 Å². The fourth-order valence-corrected chi connectivity index (χ4v) is 1.79. The largest absolute Gasteiger partial charge is 0.401 e. The van der Waals surface area contributed by atoms with Gasteiger partial charge in [0.05, 0.1) is 6.54 Å². The van der Waals surface area contributed by atoms with Crippen LogP contribution in [0.15, 0.2) is 30.3 Å². The molecule has 5 heteroatoms. The van der Waals surface area contributed by atoms with Gasteiger partial charge in [-0.05, 0) is 12.6 Å². The van der Waals surface area contributed by atoms with Crippen LogP contribution in [0.3, 0.4) is 0 Å². The third-order valence-electron chi connectivity index (χ3n) is 2.54. The zero-order valence-electron chi connectivity index (χ0n) is 9.74. The van der Waals surface area contributed by atoms with Gasteiger partial charge in [-0.15, -0.1) is 0 Å². The third kappa shape index (κ3) is 5.19. The molecule has 1 aromatic carbocycles. The molecule has 0 radical (unpaired) electrons. The molecule has 1 aromatic rings. The summed E-state index contributed by atoms with van der Waals surface area (Å²) in [6, 6.07) is 9.37. The molecule has 96 valence electrons. The SMILES string of the molecule is CN(CC(CN)c1ccccc1)CC(F)(F)F. The molecule has 0 aromatic heterocycles. The van der Waals surface area contributed by atoms with Crippen molar-refractivity contribution in [3.63, 3.8) is 0 Å². The van der Waals surface area contributed by atoms with E-state index in [1.165, 1.54) is 11.9 Å². The van der Waals surface area contributed by atoms with Crippen molar-refractivity contribution < 1.29 is 13.2 Å². The number of hydrogen-bond acceptors (Lipinski definition) is 2. The predicted octanol–water partition coefficient (Wildman–Crippen LogP) is 2.22. The van der Waals surface area contributed by atoms with Gasteiger partial charge in [0.2, 0.25) is 0 Å². The number of benzene rings is 1. The fourth-order valence-electron chi connectivity index (χ4n) is 1.79. The minimum atomic E-state index is -4.16. The number of likely N-dealkylation sites (N-methyl/N-ethyl adjacent to an activating group) is 1. The van der Waals surface area contributed by atoms with Crippen LogP contribution < -0.4 is 5.73 Å². The summed E-state index contributed by atoms with van der Waals surface area (Å²) in [5, 5.41) is 0. The smallest absolute Gasteiger partial charge is 0.330 e. The van der Waals surface area contributed by atoms with Crippen molar-refractivity contribution in [2.45, 2.75) is 12.1 Å². The molecule has 0 saturated carbocycles. The number of nitrogens with two attached hydrogens (primary N) is 1. The van der Waals surface area contributed by atoms with E-state index in [1.54, 1.807) is 0 Å². The Kier molecular flexibility index (Phi) is 4.96. The number of hydrogen-bond donors (Lipinski definition) is 1. The van der Waals surface area contributed by atoms with E-state index in [0.717, 1.165) is 5.56 Å². The Morgan fingerprint density at radius 2 is 1.82 bits per heavy atom. The number of alkyl halides is 3. The normalized spacial score (nSPS) is 14.0. The van der Waals surface area contributed by atoms with Crippen LogP contribution in [0.5, 0.6) is 0 Å². The van der Waals surface area contributed by atoms with E-state index < -0.39 is 12.7 Å². The highest BCUT2D eigenvalue weighted by atomic mass is 19.4. The van der Waals surface area contributed by atoms with Crippen LogP contribution in [0.1, 0.15) is 11.5 Å². The van der Waals surface area contributed by atoms with Crippen molar-refractivity contribution >= 4 is 0 Å². The maximum absolute atomic E-state index is 12.2. The van der Waals surface area contributed by atoms with Gasteiger partial charge >= 0.3 is 6.18 Å². The molecule has 1 atom stereocenters. The first-order valence-corrected chi connectivity index (χ1v) is 5.42. The highest BCUT2D eigenvalue weighted by molar-refractivity contribution is 5.20. The molecule has 1 rings (SSSR count). The predicted molar refractivity (Wildman–Crippen MR) is 61.8 cm³/mol. The summed E-state index contributed by atoms with van der Waals surface area (Å²) >= 11 is 0. The van der Waals surface area contributed by atoms with E-state index in [4.69, 9.17) is 5.73 Å². The molecule has 2 nitrogen and oxygen atoms in total. The van der Waals surface area contributed by atoms with Gasteiger partial charge in [-0.1, -0.05) is 30.3 Å². The zero-order valence-corrected chi connectivity index (χ0v) is 9.74. The summed E-state index contributed by atoms with van der Waals surface area (Å²) in [5.41, 5.74) is 6.58. The fraction of sp³-hybridized carbons (Fsp3) is 0.500. The summed E-state index contributed by atoms with van der Waals surface area (Å²) in [6.07, 6.45) is -4.16. The molecule has 0 saturated heterocycles. The summed E-state index contributed by atoms with van der Waals surface area (Å²) in [7, 11) is 1.46. The lowest BCUT2D eigenvalue weighted by molar-refractivity contribution is -0.143. The standard InChI is InChI=1S/C12H17F3N2/c1-17(9-12(13,14)15)8-11(7-16)10-5-3-2-4-6-10/h2-6,11H,7-9,16H2,1H3. The molecule has 0 aliphatic heterocycles. The topological polar surface area (TPSA) is 29.3 Å². The molecule has 0 aliphatic rings. The maximum Gasteiger partial charge on any atom is 0.401 e. The van der Waals surface area contributed by atoms with Gasteiger partial charge in [-0.2, -0.15) is 13.2 Å². The Morgan fingerprint density at radius 3 is 2.29 bits per heavy atom. The Labute approximate surface area is 99.2 Å². The lowest BCUT2D eigenvalue weighted by atomic mass is 9.99. The Morgan fingerprint density at radius 1 is 1.24 bits per heavy atom. The van der Waals surface area contributed by atoms with Crippen LogP contribution in [0.2, 0.25) is 0 Å². The molecule has 0 spiro atoms. The van der Waals surface area contributed by atoms with Gasteiger partial charge in [0.1, 0.15) is 0 Å². The molecule has 0 bridgehead atoms. The van der Waals surface area contributed by atoms with Gasteiger partial charge in [0.15, 0.2) is 0 Å². The first-order valence-electron chi connectivity index (χ1n) is 5.42. The van der Waals surface area contributed by atoms with E-state index in [9.17, 15) is 13.2 Å². The van der Waals surface area contributed by atoms with Gasteiger partial charge in [-0.25, -0.2) is 0 Å². The van der Waals surface area contributed by atoms with Crippen molar-refractivity contribution in [2.75, 3.05) is 26.7 Å². The molecule has 1 unspecified atom stereocenters. The summed E-state index contributed by atoms with van der Waals surface area (Å²) in [6.45, 7) is -0.261. The van der Waals surface area contributed by atoms with Crippen molar-refractivity contribution in [2.24, 2.45) is 5.73 Å². The minimum Gasteiger partial charge on any atom is -0.330 e. The minimum absolute atomic E-state index is 0.0662. The average molecular weight is 246 g/mol. The highest BCUT2D eigenvalue weighted by Crippen LogP contribution is 2.19. The lowest BCUT2D eigenvalue weighted by Crippen LogP contribution is -2.35. The lowest BCUT2D eigenvalue weighted by Gasteiger charge is -2.24. The molecule has 2 N–H and O–H groups in total. The number of halogens is 3. The van der Waals surface area contributed by atoms with Gasteiger partial charge < -0.3 is 5.73 Å². The summed E-state index contributed by atoms with van der Waals surface area (Å²) in [4.78, 5) is 1.25. The van der Waals surface area contributed by atoms with Crippen LogP contribution in [-0.2, 0) is 0 Å². The Balaban J connectivity index is 2.59. The van der Waals surface area contributed by atoms with E-state index >= 15 is 0 Å². The van der Waals surface area contributed by atoms with Crippen molar-refractivity contribution in [3.8, 4) is 0 Å². The van der Waals surface area contributed by atoms with Gasteiger partial charge in [-0.3, -0.25) is 4.90 Å². The zero-order chi connectivity index (χ0) is 12.9. The monoisotopic (exact) mass is 246 g/mol. The van der Waals surface area contributed by atoms with E-state index in [-0.39, 0.29) is 5.92 Å². The highest BCUT2D eigenvalue weighted by Gasteiger charge is 2.29. The molecular weight excluding hydrogens is 229 g/mol. The number of nitrogens with zero attached hydrogens (tertiary/aromatic N) is 1. The average Bonchev–Trinajstić information content (AvgIpc) is 2.24. The van der Waals surface area contributed by atoms with Crippen LogP contribution in [0, 0.1) is 0 Å². The molecule has 17 heavy (non-hydrogen) atoms. The van der Waals surface area contributed by atoms with Crippen LogP contribution >= 0.6 is 0 Å². The summed E-state index contributed by atoms with van der Waals surface area (Å²) in [5.74, 6) is -0.0662. The van der Waals surface area contributed by atoms with Crippen LogP contribution in [0.4, 0.5) is 13.2 Å². The molecule has 0 heterocycles. The quantitative estimate of drug-likeness (QED) is 0.863. The second kappa shape index (κ2) is 6.02. The second-order valence-electron chi connectivity index (χ2n) is 4.16. The third-order valence-corrected chi connectivity index (χ3v) is 2.54. The molecule has 0 fully saturated rings. The van der Waals surface area contributed by atoms with E-state index in [1.807, 2.05) is 30.3 Å². The second-order valence-corrected chi connectivity index (χ2v) is 4.16. The van der Waals surface area contributed by atoms with Crippen molar-refractivity contribution in [3.05, 3.63) is 35.9 Å². The molecular formula is C12H17F3N2. The Hall–Kier alpha value is -1.07. The molecule has 0 amide bonds. The van der Waals surface area contributed by atoms with E-state index in [0.29, 0.717) is 13.1 Å². The van der Waals surface area contributed by atoms with Crippen LogP contribution in [0.25, 0.3) is 0 Å². The van der Waals surface area contributed by atoms with Crippen molar-refractivity contribution in [1.82, 2.24) is 4.90 Å². The van der Waals surface area contributed by atoms with Gasteiger partial charge in [0.25, 0.3) is 0 Å². The maximum atomic E-state index is 12.2.